The van der Waals surface area contributed by atoms with Crippen molar-refractivity contribution in [3.63, 3.8) is 0 Å². The molecule has 0 saturated carbocycles. The number of benzene rings is 3. The molecule has 3 aromatic carbocycles. The van der Waals surface area contributed by atoms with Crippen LogP contribution in [0, 0.1) is 13.8 Å². The van der Waals surface area contributed by atoms with Crippen molar-refractivity contribution in [1.82, 2.24) is 4.98 Å². The number of nitrogens with one attached hydrogen (secondary N) is 1. The lowest BCUT2D eigenvalue weighted by atomic mass is 10.0. The molecule has 0 unspecified atom stereocenters. The molecule has 32 heavy (non-hydrogen) atoms. The number of fused-ring (bicyclic) bond motifs is 3. The van der Waals surface area contributed by atoms with E-state index in [2.05, 4.69) is 47.6 Å². The molecule has 5 rings (SSSR count). The number of nitrogens with zero attached hydrogens (tertiary/aromatic N) is 2. The predicted molar refractivity (Wildman–Crippen MR) is 133 cm³/mol. The number of aromatic nitrogens is 1. The van der Waals surface area contributed by atoms with Crippen LogP contribution in [0.15, 0.2) is 80.4 Å². The summed E-state index contributed by atoms with van der Waals surface area (Å²) in [5, 5.41) is 10.1. The molecule has 5 nitrogen and oxygen atoms in total. The monoisotopic (exact) mass is 439 g/mol. The normalized spacial score (nSPS) is 11.9. The Bertz CT molecular complexity index is 1560. The first-order valence-electron chi connectivity index (χ1n) is 10.3. The molecule has 0 aliphatic carbocycles. The van der Waals surface area contributed by atoms with E-state index in [1.54, 1.807) is 6.92 Å². The summed E-state index contributed by atoms with van der Waals surface area (Å²) in [6, 6.07) is 20.0. The first kappa shape index (κ1) is 20.2. The van der Waals surface area contributed by atoms with Crippen LogP contribution in [0.2, 0.25) is 0 Å². The lowest BCUT2D eigenvalue weighted by molar-refractivity contribution is 0.559. The summed E-state index contributed by atoms with van der Waals surface area (Å²) in [6.07, 6.45) is 0. The summed E-state index contributed by atoms with van der Waals surface area (Å²) in [5.74, 6) is 0. The Hall–Kier alpha value is -3.77. The van der Waals surface area contributed by atoms with Crippen LogP contribution in [0.3, 0.4) is 0 Å². The lowest BCUT2D eigenvalue weighted by Gasteiger charge is -2.06. The Morgan fingerprint density at radius 3 is 2.75 bits per heavy atom. The van der Waals surface area contributed by atoms with Crippen molar-refractivity contribution in [1.29, 1.82) is 0 Å². The smallest absolute Gasteiger partial charge is 0.345 e. The van der Waals surface area contributed by atoms with Crippen LogP contribution >= 0.6 is 11.3 Å². The summed E-state index contributed by atoms with van der Waals surface area (Å²) in [7, 11) is 0. The molecule has 0 bridgehead atoms. The van der Waals surface area contributed by atoms with Gasteiger partial charge in [-0.05, 0) is 55.3 Å². The molecule has 0 radical (unpaired) electrons. The minimum Gasteiger partial charge on any atom is -0.422 e. The second-order valence-electron chi connectivity index (χ2n) is 7.81. The number of aryl methyl sites for hydroxylation is 2. The molecule has 2 aromatic heterocycles. The van der Waals surface area contributed by atoms with Gasteiger partial charge in [0.05, 0.1) is 17.0 Å². The molecule has 0 amide bonds. The largest absolute Gasteiger partial charge is 0.422 e. The SMILES string of the molecule is C/C(=N\Nc1nc(-c2cc(C)ccc2C)cs1)c1cc2c(ccc3ccccc32)oc1=O. The van der Waals surface area contributed by atoms with Gasteiger partial charge in [-0.25, -0.2) is 9.78 Å². The zero-order valence-electron chi connectivity index (χ0n) is 18.0. The third-order valence-electron chi connectivity index (χ3n) is 5.52. The Morgan fingerprint density at radius 1 is 1.03 bits per heavy atom. The second-order valence-corrected chi connectivity index (χ2v) is 8.67. The van der Waals surface area contributed by atoms with Gasteiger partial charge < -0.3 is 4.42 Å². The summed E-state index contributed by atoms with van der Waals surface area (Å²) >= 11 is 1.47. The standard InChI is InChI=1S/C26H21N3O2S/c1-15-8-9-16(2)20(12-15)23-14-32-26(27-23)29-28-17(3)21-13-22-19-7-5-4-6-18(19)10-11-24(22)31-25(21)30/h4-14H,1-3H3,(H,27,29)/b28-17+. The average Bonchev–Trinajstić information content (AvgIpc) is 3.27. The molecule has 0 spiro atoms. The van der Waals surface area contributed by atoms with E-state index in [1.165, 1.54) is 22.5 Å². The highest BCUT2D eigenvalue weighted by Crippen LogP contribution is 2.28. The van der Waals surface area contributed by atoms with Crippen LogP contribution in [0.1, 0.15) is 23.6 Å². The van der Waals surface area contributed by atoms with Gasteiger partial charge in [0.25, 0.3) is 0 Å². The Balaban J connectivity index is 1.47. The van der Waals surface area contributed by atoms with E-state index in [-0.39, 0.29) is 0 Å². The molecule has 0 aliphatic heterocycles. The lowest BCUT2D eigenvalue weighted by Crippen LogP contribution is -2.13. The van der Waals surface area contributed by atoms with Gasteiger partial charge in [-0.1, -0.05) is 48.0 Å². The second kappa shape index (κ2) is 8.05. The zero-order chi connectivity index (χ0) is 22.2. The van der Waals surface area contributed by atoms with Crippen LogP contribution in [0.25, 0.3) is 33.0 Å². The van der Waals surface area contributed by atoms with E-state index in [4.69, 9.17) is 4.42 Å². The number of hydrazone groups is 1. The van der Waals surface area contributed by atoms with Crippen molar-refractivity contribution in [2.24, 2.45) is 5.10 Å². The van der Waals surface area contributed by atoms with Gasteiger partial charge in [-0.15, -0.1) is 11.3 Å². The summed E-state index contributed by atoms with van der Waals surface area (Å²) in [4.78, 5) is 17.3. The van der Waals surface area contributed by atoms with Crippen LogP contribution in [0.4, 0.5) is 5.13 Å². The third kappa shape index (κ3) is 3.69. The maximum absolute atomic E-state index is 12.6. The highest BCUT2D eigenvalue weighted by Gasteiger charge is 2.12. The topological polar surface area (TPSA) is 67.5 Å². The number of anilines is 1. The van der Waals surface area contributed by atoms with Crippen LogP contribution in [0.5, 0.6) is 0 Å². The van der Waals surface area contributed by atoms with Crippen molar-refractivity contribution < 1.29 is 4.42 Å². The van der Waals surface area contributed by atoms with Crippen molar-refractivity contribution in [2.75, 3.05) is 5.43 Å². The highest BCUT2D eigenvalue weighted by atomic mass is 32.1. The van der Waals surface area contributed by atoms with Crippen molar-refractivity contribution in [2.45, 2.75) is 20.8 Å². The number of thiazole rings is 1. The average molecular weight is 440 g/mol. The van der Waals surface area contributed by atoms with E-state index < -0.39 is 5.63 Å². The van der Waals surface area contributed by atoms with Gasteiger partial charge in [0.2, 0.25) is 5.13 Å². The number of hydrogen-bond donors (Lipinski definition) is 1. The van der Waals surface area contributed by atoms with Gasteiger partial charge in [0.1, 0.15) is 5.58 Å². The van der Waals surface area contributed by atoms with E-state index in [0.29, 0.717) is 22.0 Å². The molecule has 5 aromatic rings. The van der Waals surface area contributed by atoms with Gasteiger partial charge in [0, 0.05) is 16.3 Å². The zero-order valence-corrected chi connectivity index (χ0v) is 18.8. The summed E-state index contributed by atoms with van der Waals surface area (Å²) < 4.78 is 5.58. The Morgan fingerprint density at radius 2 is 1.88 bits per heavy atom. The fourth-order valence-corrected chi connectivity index (χ4v) is 4.43. The predicted octanol–water partition coefficient (Wildman–Crippen LogP) is 6.52. The molecular weight excluding hydrogens is 418 g/mol. The Labute approximate surface area is 189 Å². The van der Waals surface area contributed by atoms with Crippen molar-refractivity contribution in [3.05, 3.63) is 93.2 Å². The molecular formula is C26H21N3O2S. The first-order valence-corrected chi connectivity index (χ1v) is 11.2. The number of hydrogen-bond acceptors (Lipinski definition) is 6. The minimum atomic E-state index is -0.411. The maximum atomic E-state index is 12.6. The molecule has 0 saturated heterocycles. The van der Waals surface area contributed by atoms with Crippen molar-refractivity contribution in [3.8, 4) is 11.3 Å². The number of rotatable bonds is 4. The molecule has 0 aliphatic rings. The fourth-order valence-electron chi connectivity index (χ4n) is 3.78. The van der Waals surface area contributed by atoms with Crippen LogP contribution < -0.4 is 11.1 Å². The molecule has 158 valence electrons. The summed E-state index contributed by atoms with van der Waals surface area (Å²) in [6.45, 7) is 5.93. The van der Waals surface area contributed by atoms with Gasteiger partial charge >= 0.3 is 5.63 Å². The van der Waals surface area contributed by atoms with E-state index >= 15 is 0 Å². The maximum Gasteiger partial charge on any atom is 0.345 e. The summed E-state index contributed by atoms with van der Waals surface area (Å²) in [5.41, 5.74) is 8.49. The highest BCUT2D eigenvalue weighted by molar-refractivity contribution is 7.14. The molecule has 1 N–H and O–H groups in total. The van der Waals surface area contributed by atoms with Gasteiger partial charge in [0.15, 0.2) is 0 Å². The minimum absolute atomic E-state index is 0.411. The van der Waals surface area contributed by atoms with Gasteiger partial charge in [-0.3, -0.25) is 5.43 Å². The van der Waals surface area contributed by atoms with E-state index in [0.717, 1.165) is 27.4 Å². The molecule has 6 heteroatoms. The fraction of sp³-hybridized carbons (Fsp3) is 0.115. The van der Waals surface area contributed by atoms with E-state index in [1.807, 2.05) is 47.8 Å². The molecule has 0 atom stereocenters. The molecule has 2 heterocycles. The van der Waals surface area contributed by atoms with Crippen LogP contribution in [-0.2, 0) is 0 Å². The quantitative estimate of drug-likeness (QED) is 0.150. The van der Waals surface area contributed by atoms with Gasteiger partial charge in [-0.2, -0.15) is 5.10 Å². The van der Waals surface area contributed by atoms with E-state index in [9.17, 15) is 4.79 Å². The Kier molecular flexibility index (Phi) is 5.07. The third-order valence-corrected chi connectivity index (χ3v) is 6.27. The first-order chi connectivity index (χ1) is 15.5. The van der Waals surface area contributed by atoms with Crippen molar-refractivity contribution >= 4 is 43.9 Å². The van der Waals surface area contributed by atoms with Crippen LogP contribution in [-0.4, -0.2) is 10.7 Å². The molecule has 0 fully saturated rings.